The smallest absolute Gasteiger partial charge is 0.263 e. The number of aromatic nitrogens is 4. The van der Waals surface area contributed by atoms with Gasteiger partial charge in [0.05, 0.1) is 11.9 Å². The van der Waals surface area contributed by atoms with Crippen molar-refractivity contribution in [3.8, 4) is 5.69 Å². The molecule has 1 aliphatic rings. The molecule has 0 atom stereocenters. The molecule has 0 aliphatic carbocycles. The van der Waals surface area contributed by atoms with Crippen LogP contribution < -0.4 is 15.8 Å². The zero-order chi connectivity index (χ0) is 22.1. The zero-order valence-electron chi connectivity index (χ0n) is 17.8. The lowest BCUT2D eigenvalue weighted by atomic mass is 10.0. The predicted molar refractivity (Wildman–Crippen MR) is 123 cm³/mol. The van der Waals surface area contributed by atoms with Crippen molar-refractivity contribution >= 4 is 22.9 Å². The van der Waals surface area contributed by atoms with Crippen molar-refractivity contribution < 1.29 is 4.79 Å². The van der Waals surface area contributed by atoms with Crippen molar-refractivity contribution in [2.45, 2.75) is 25.8 Å². The molecule has 32 heavy (non-hydrogen) atoms. The quantitative estimate of drug-likeness (QED) is 0.521. The van der Waals surface area contributed by atoms with E-state index < -0.39 is 0 Å². The number of benzene rings is 2. The van der Waals surface area contributed by atoms with E-state index in [0.717, 1.165) is 24.1 Å². The van der Waals surface area contributed by atoms with Crippen molar-refractivity contribution in [3.63, 3.8) is 0 Å². The third-order valence-electron chi connectivity index (χ3n) is 5.87. The summed E-state index contributed by atoms with van der Waals surface area (Å²) in [6.07, 6.45) is 3.10. The average Bonchev–Trinajstić information content (AvgIpc) is 3.25. The molecule has 0 radical (unpaired) electrons. The first-order valence-electron chi connectivity index (χ1n) is 10.7. The fourth-order valence-corrected chi connectivity index (χ4v) is 4.02. The Morgan fingerprint density at radius 2 is 1.78 bits per heavy atom. The number of carbonyl (C=O) groups is 1. The van der Waals surface area contributed by atoms with Crippen LogP contribution in [-0.4, -0.2) is 44.8 Å². The van der Waals surface area contributed by atoms with Gasteiger partial charge in [-0.2, -0.15) is 10.1 Å². The first kappa shape index (κ1) is 20.0. The number of aromatic amines is 1. The van der Waals surface area contributed by atoms with Gasteiger partial charge >= 0.3 is 0 Å². The SMILES string of the molecule is Cc1ccc(C(=O)NC2CCN(c3nc4c(cnn4-c4ccccc4)c(=O)[nH]3)CC2)cc1. The molecule has 8 nitrogen and oxygen atoms in total. The number of hydrogen-bond donors (Lipinski definition) is 2. The Hall–Kier alpha value is -3.94. The second kappa shape index (κ2) is 8.30. The minimum absolute atomic E-state index is 0.0526. The topological polar surface area (TPSA) is 95.9 Å². The first-order chi connectivity index (χ1) is 15.6. The molecule has 8 heteroatoms. The molecule has 0 spiro atoms. The normalized spacial score (nSPS) is 14.6. The molecule has 2 aromatic heterocycles. The van der Waals surface area contributed by atoms with E-state index in [1.807, 2.05) is 61.5 Å². The lowest BCUT2D eigenvalue weighted by Crippen LogP contribution is -2.45. The van der Waals surface area contributed by atoms with Gasteiger partial charge in [-0.05, 0) is 44.0 Å². The van der Waals surface area contributed by atoms with Crippen LogP contribution in [0.5, 0.6) is 0 Å². The maximum atomic E-state index is 12.6. The summed E-state index contributed by atoms with van der Waals surface area (Å²) in [4.78, 5) is 34.8. The summed E-state index contributed by atoms with van der Waals surface area (Å²) < 4.78 is 1.68. The lowest BCUT2D eigenvalue weighted by molar-refractivity contribution is 0.0931. The van der Waals surface area contributed by atoms with E-state index in [1.54, 1.807) is 10.9 Å². The number of para-hydroxylation sites is 1. The number of rotatable bonds is 4. The van der Waals surface area contributed by atoms with Crippen molar-refractivity contribution in [2.75, 3.05) is 18.0 Å². The van der Waals surface area contributed by atoms with Gasteiger partial charge in [0.15, 0.2) is 5.65 Å². The van der Waals surface area contributed by atoms with Crippen LogP contribution in [0, 0.1) is 6.92 Å². The predicted octanol–water partition coefficient (Wildman–Crippen LogP) is 2.82. The Morgan fingerprint density at radius 1 is 1.06 bits per heavy atom. The van der Waals surface area contributed by atoms with Gasteiger partial charge in [-0.1, -0.05) is 35.9 Å². The molecule has 5 rings (SSSR count). The number of H-pyrrole nitrogens is 1. The van der Waals surface area contributed by atoms with Crippen LogP contribution in [0.15, 0.2) is 65.6 Å². The van der Waals surface area contributed by atoms with Crippen molar-refractivity contribution in [2.24, 2.45) is 0 Å². The number of nitrogens with one attached hydrogen (secondary N) is 2. The maximum absolute atomic E-state index is 12.6. The number of nitrogens with zero attached hydrogens (tertiary/aromatic N) is 4. The Morgan fingerprint density at radius 3 is 2.50 bits per heavy atom. The lowest BCUT2D eigenvalue weighted by Gasteiger charge is -2.32. The van der Waals surface area contributed by atoms with E-state index in [9.17, 15) is 9.59 Å². The molecule has 0 unspecified atom stereocenters. The van der Waals surface area contributed by atoms with Gasteiger partial charge in [0.25, 0.3) is 11.5 Å². The summed E-state index contributed by atoms with van der Waals surface area (Å²) in [5, 5.41) is 7.94. The number of hydrogen-bond acceptors (Lipinski definition) is 5. The van der Waals surface area contributed by atoms with Crippen LogP contribution in [0.3, 0.4) is 0 Å². The molecule has 1 fully saturated rings. The minimum atomic E-state index is -0.207. The second-order valence-electron chi connectivity index (χ2n) is 8.12. The number of piperidine rings is 1. The van der Waals surface area contributed by atoms with Gasteiger partial charge in [-0.25, -0.2) is 4.68 Å². The standard InChI is InChI=1S/C24H24N6O2/c1-16-7-9-17(10-8-16)22(31)26-18-11-13-29(14-12-18)24-27-21-20(23(32)28-24)15-25-30(21)19-5-3-2-4-6-19/h2-10,15,18H,11-14H2,1H3,(H,26,31)(H,27,28,32). The number of fused-ring (bicyclic) bond motifs is 1. The number of aryl methyl sites for hydroxylation is 1. The van der Waals surface area contributed by atoms with Crippen LogP contribution in [0.4, 0.5) is 5.95 Å². The van der Waals surface area contributed by atoms with Crippen LogP contribution in [-0.2, 0) is 0 Å². The highest BCUT2D eigenvalue weighted by molar-refractivity contribution is 5.94. The molecule has 0 saturated carbocycles. The zero-order valence-corrected chi connectivity index (χ0v) is 17.8. The summed E-state index contributed by atoms with van der Waals surface area (Å²) in [6, 6.07) is 17.3. The summed E-state index contributed by atoms with van der Waals surface area (Å²) in [5.74, 6) is 0.478. The van der Waals surface area contributed by atoms with Gasteiger partial charge in [0, 0.05) is 24.7 Å². The van der Waals surface area contributed by atoms with Crippen LogP contribution in [0.2, 0.25) is 0 Å². The molecule has 2 aromatic carbocycles. The van der Waals surface area contributed by atoms with E-state index in [1.165, 1.54) is 0 Å². The summed E-state index contributed by atoms with van der Waals surface area (Å²) >= 11 is 0. The van der Waals surface area contributed by atoms with Gasteiger partial charge in [0.2, 0.25) is 5.95 Å². The van der Waals surface area contributed by atoms with E-state index in [2.05, 4.69) is 20.3 Å². The largest absolute Gasteiger partial charge is 0.349 e. The monoisotopic (exact) mass is 428 g/mol. The van der Waals surface area contributed by atoms with Crippen LogP contribution in [0.25, 0.3) is 16.7 Å². The molecule has 4 aromatic rings. The van der Waals surface area contributed by atoms with Gasteiger partial charge in [-0.15, -0.1) is 0 Å². The van der Waals surface area contributed by atoms with E-state index in [4.69, 9.17) is 4.98 Å². The summed E-state index contributed by atoms with van der Waals surface area (Å²) in [5.41, 5.74) is 2.97. The molecule has 1 amide bonds. The highest BCUT2D eigenvalue weighted by Gasteiger charge is 2.23. The first-order valence-corrected chi connectivity index (χ1v) is 10.7. The highest BCUT2D eigenvalue weighted by atomic mass is 16.1. The number of anilines is 1. The Labute approximate surface area is 184 Å². The van der Waals surface area contributed by atoms with E-state index >= 15 is 0 Å². The Balaban J connectivity index is 1.31. The summed E-state index contributed by atoms with van der Waals surface area (Å²) in [6.45, 7) is 3.37. The molecular weight excluding hydrogens is 404 g/mol. The van der Waals surface area contributed by atoms with E-state index in [0.29, 0.717) is 35.6 Å². The highest BCUT2D eigenvalue weighted by Crippen LogP contribution is 2.19. The van der Waals surface area contributed by atoms with Crippen molar-refractivity contribution in [3.05, 3.63) is 82.3 Å². The molecule has 2 N–H and O–H groups in total. The van der Waals surface area contributed by atoms with Crippen LogP contribution in [0.1, 0.15) is 28.8 Å². The fraction of sp³-hybridized carbons (Fsp3) is 0.250. The molecule has 3 heterocycles. The van der Waals surface area contributed by atoms with Crippen molar-refractivity contribution in [1.82, 2.24) is 25.1 Å². The van der Waals surface area contributed by atoms with Crippen LogP contribution >= 0.6 is 0 Å². The molecule has 1 saturated heterocycles. The second-order valence-corrected chi connectivity index (χ2v) is 8.12. The van der Waals surface area contributed by atoms with Crippen molar-refractivity contribution in [1.29, 1.82) is 0 Å². The number of carbonyl (C=O) groups excluding carboxylic acids is 1. The molecular formula is C24H24N6O2. The third kappa shape index (κ3) is 3.87. The average molecular weight is 428 g/mol. The Bertz CT molecular complexity index is 1300. The fourth-order valence-electron chi connectivity index (χ4n) is 4.02. The maximum Gasteiger partial charge on any atom is 0.263 e. The van der Waals surface area contributed by atoms with Gasteiger partial charge < -0.3 is 10.2 Å². The Kier molecular flexibility index (Phi) is 5.18. The third-order valence-corrected chi connectivity index (χ3v) is 5.87. The molecule has 0 bridgehead atoms. The number of amides is 1. The minimum Gasteiger partial charge on any atom is -0.349 e. The van der Waals surface area contributed by atoms with E-state index in [-0.39, 0.29) is 17.5 Å². The van der Waals surface area contributed by atoms with Gasteiger partial charge in [-0.3, -0.25) is 14.6 Å². The van der Waals surface area contributed by atoms with Gasteiger partial charge in [0.1, 0.15) is 5.39 Å². The molecule has 1 aliphatic heterocycles. The summed E-state index contributed by atoms with van der Waals surface area (Å²) in [7, 11) is 0. The molecule has 162 valence electrons.